The van der Waals surface area contributed by atoms with Gasteiger partial charge in [-0.2, -0.15) is 8.42 Å². The van der Waals surface area contributed by atoms with E-state index in [1.807, 2.05) is 4.72 Å². The van der Waals surface area contributed by atoms with E-state index < -0.39 is 16.2 Å². The summed E-state index contributed by atoms with van der Waals surface area (Å²) < 4.78 is 31.2. The fraction of sp³-hybridized carbons (Fsp3) is 0.125. The summed E-state index contributed by atoms with van der Waals surface area (Å²) in [5.41, 5.74) is 5.86. The van der Waals surface area contributed by atoms with Gasteiger partial charge in [-0.25, -0.2) is 0 Å². The van der Waals surface area contributed by atoms with E-state index in [1.165, 1.54) is 24.3 Å². The lowest BCUT2D eigenvalue weighted by atomic mass is 10.1. The van der Waals surface area contributed by atoms with Crippen LogP contribution in [0.3, 0.4) is 0 Å². The van der Waals surface area contributed by atoms with Gasteiger partial charge in [0.05, 0.1) is 12.1 Å². The minimum Gasteiger partial charge on any atom is -0.369 e. The lowest BCUT2D eigenvalue weighted by Gasteiger charge is -2.03. The Labute approximate surface area is 87.0 Å². The number of benzene rings is 1. The van der Waals surface area contributed by atoms with Crippen molar-refractivity contribution in [3.05, 3.63) is 29.8 Å². The molecule has 0 aliphatic rings. The van der Waals surface area contributed by atoms with Crippen molar-refractivity contribution in [3.8, 4) is 0 Å². The van der Waals surface area contributed by atoms with Gasteiger partial charge >= 0.3 is 10.3 Å². The highest BCUT2D eigenvalue weighted by Crippen LogP contribution is 2.10. The first kappa shape index (κ1) is 11.5. The van der Waals surface area contributed by atoms with Crippen LogP contribution in [0.4, 0.5) is 5.69 Å². The fourth-order valence-electron chi connectivity index (χ4n) is 1.04. The smallest absolute Gasteiger partial charge is 0.357 e. The highest BCUT2D eigenvalue weighted by atomic mass is 32.2. The molecule has 4 N–H and O–H groups in total. The van der Waals surface area contributed by atoms with E-state index in [-0.39, 0.29) is 12.1 Å². The highest BCUT2D eigenvalue weighted by Gasteiger charge is 2.04. The summed E-state index contributed by atoms with van der Waals surface area (Å²) in [6, 6.07) is 5.93. The van der Waals surface area contributed by atoms with Crippen molar-refractivity contribution in [2.45, 2.75) is 6.42 Å². The number of primary amides is 1. The van der Waals surface area contributed by atoms with Crippen molar-refractivity contribution >= 4 is 21.9 Å². The summed E-state index contributed by atoms with van der Waals surface area (Å²) in [6.07, 6.45) is 0.0894. The van der Waals surface area contributed by atoms with Gasteiger partial charge in [-0.1, -0.05) is 12.1 Å². The molecule has 0 unspecified atom stereocenters. The maximum atomic E-state index is 10.6. The van der Waals surface area contributed by atoms with Gasteiger partial charge in [0.2, 0.25) is 5.91 Å². The molecule has 1 amide bonds. The van der Waals surface area contributed by atoms with Crippen molar-refractivity contribution in [2.75, 3.05) is 4.72 Å². The third kappa shape index (κ3) is 4.43. The first-order chi connectivity index (χ1) is 6.87. The molecule has 0 aromatic heterocycles. The number of rotatable bonds is 4. The molecule has 0 heterocycles. The summed E-state index contributed by atoms with van der Waals surface area (Å²) in [6.45, 7) is 0. The van der Waals surface area contributed by atoms with Crippen LogP contribution in [0, 0.1) is 0 Å². The molecule has 6 nitrogen and oxygen atoms in total. The monoisotopic (exact) mass is 230 g/mol. The van der Waals surface area contributed by atoms with E-state index >= 15 is 0 Å². The minimum atomic E-state index is -4.25. The second-order valence-corrected chi connectivity index (χ2v) is 4.07. The van der Waals surface area contributed by atoms with Gasteiger partial charge in [0.15, 0.2) is 0 Å². The molecule has 0 atom stereocenters. The van der Waals surface area contributed by atoms with Crippen molar-refractivity contribution in [3.63, 3.8) is 0 Å². The van der Waals surface area contributed by atoms with Gasteiger partial charge in [0, 0.05) is 0 Å². The SMILES string of the molecule is NC(=O)Cc1ccc(NS(=O)(=O)O)cc1. The van der Waals surface area contributed by atoms with Gasteiger partial charge in [0.25, 0.3) is 0 Å². The molecular weight excluding hydrogens is 220 g/mol. The highest BCUT2D eigenvalue weighted by molar-refractivity contribution is 7.87. The molecule has 1 rings (SSSR count). The maximum Gasteiger partial charge on any atom is 0.357 e. The van der Waals surface area contributed by atoms with Crippen LogP contribution in [0.15, 0.2) is 24.3 Å². The summed E-state index contributed by atoms with van der Waals surface area (Å²) in [5, 5.41) is 0. The first-order valence-electron chi connectivity index (χ1n) is 3.99. The Balaban J connectivity index is 2.77. The van der Waals surface area contributed by atoms with Crippen LogP contribution in [0.1, 0.15) is 5.56 Å². The first-order valence-corrected chi connectivity index (χ1v) is 5.43. The Bertz CT molecular complexity index is 452. The van der Waals surface area contributed by atoms with Crippen LogP contribution < -0.4 is 10.5 Å². The Kier molecular flexibility index (Phi) is 3.28. The minimum absolute atomic E-state index is 0.0894. The van der Waals surface area contributed by atoms with Gasteiger partial charge < -0.3 is 5.73 Å². The lowest BCUT2D eigenvalue weighted by Crippen LogP contribution is -2.14. The fourth-order valence-corrected chi connectivity index (χ4v) is 1.47. The number of nitrogens with one attached hydrogen (secondary N) is 1. The number of carbonyl (C=O) groups is 1. The average molecular weight is 230 g/mol. The van der Waals surface area contributed by atoms with Crippen LogP contribution in [-0.2, 0) is 21.5 Å². The molecule has 0 bridgehead atoms. The van der Waals surface area contributed by atoms with Gasteiger partial charge in [-0.3, -0.25) is 14.1 Å². The summed E-state index contributed by atoms with van der Waals surface area (Å²) in [7, 11) is -4.25. The third-order valence-corrected chi connectivity index (χ3v) is 2.07. The molecule has 0 aliphatic heterocycles. The number of nitrogens with two attached hydrogens (primary N) is 1. The average Bonchev–Trinajstić information content (AvgIpc) is 2.05. The van der Waals surface area contributed by atoms with Crippen molar-refractivity contribution in [2.24, 2.45) is 5.73 Å². The van der Waals surface area contributed by atoms with E-state index in [0.29, 0.717) is 5.56 Å². The number of carbonyl (C=O) groups excluding carboxylic acids is 1. The normalized spacial score (nSPS) is 11.0. The summed E-state index contributed by atoms with van der Waals surface area (Å²) in [5.74, 6) is -0.467. The van der Waals surface area contributed by atoms with Crippen LogP contribution in [0.5, 0.6) is 0 Å². The summed E-state index contributed by atoms with van der Waals surface area (Å²) >= 11 is 0. The van der Waals surface area contributed by atoms with Crippen LogP contribution >= 0.6 is 0 Å². The molecule has 0 radical (unpaired) electrons. The molecule has 15 heavy (non-hydrogen) atoms. The molecular formula is C8H10N2O4S. The van der Waals surface area contributed by atoms with Gasteiger partial charge in [-0.15, -0.1) is 0 Å². The molecule has 0 saturated heterocycles. The molecule has 1 aromatic rings. The van der Waals surface area contributed by atoms with Gasteiger partial charge in [0.1, 0.15) is 0 Å². The Morgan fingerprint density at radius 2 is 1.87 bits per heavy atom. The van der Waals surface area contributed by atoms with E-state index in [1.54, 1.807) is 0 Å². The largest absolute Gasteiger partial charge is 0.369 e. The van der Waals surface area contributed by atoms with Crippen molar-refractivity contribution in [1.82, 2.24) is 0 Å². The predicted molar refractivity (Wildman–Crippen MR) is 54.5 cm³/mol. The van der Waals surface area contributed by atoms with E-state index in [0.717, 1.165) is 0 Å². The molecule has 0 fully saturated rings. The molecule has 0 spiro atoms. The van der Waals surface area contributed by atoms with Gasteiger partial charge in [-0.05, 0) is 17.7 Å². The quantitative estimate of drug-likeness (QED) is 0.629. The molecule has 82 valence electrons. The zero-order chi connectivity index (χ0) is 11.5. The van der Waals surface area contributed by atoms with E-state index in [9.17, 15) is 13.2 Å². The Hall–Kier alpha value is -1.60. The number of amides is 1. The van der Waals surface area contributed by atoms with E-state index in [2.05, 4.69) is 0 Å². The molecule has 0 aliphatic carbocycles. The third-order valence-electron chi connectivity index (χ3n) is 1.58. The molecule has 0 saturated carbocycles. The number of anilines is 1. The zero-order valence-electron chi connectivity index (χ0n) is 7.67. The van der Waals surface area contributed by atoms with Crippen LogP contribution in [0.2, 0.25) is 0 Å². The zero-order valence-corrected chi connectivity index (χ0v) is 8.49. The van der Waals surface area contributed by atoms with Crippen molar-refractivity contribution in [1.29, 1.82) is 0 Å². The molecule has 1 aromatic carbocycles. The second-order valence-electron chi connectivity index (χ2n) is 2.92. The maximum absolute atomic E-state index is 10.6. The van der Waals surface area contributed by atoms with Crippen LogP contribution in [0.25, 0.3) is 0 Å². The predicted octanol–water partition coefficient (Wildman–Crippen LogP) is -0.0709. The topological polar surface area (TPSA) is 109 Å². The standard InChI is InChI=1S/C8H10N2O4S/c9-8(11)5-6-1-3-7(4-2-6)10-15(12,13)14/h1-4,10H,5H2,(H2,9,11)(H,12,13,14). The summed E-state index contributed by atoms with van der Waals surface area (Å²) in [4.78, 5) is 10.6. The van der Waals surface area contributed by atoms with Crippen molar-refractivity contribution < 1.29 is 17.8 Å². The van der Waals surface area contributed by atoms with Crippen LogP contribution in [-0.4, -0.2) is 18.9 Å². The lowest BCUT2D eigenvalue weighted by molar-refractivity contribution is -0.117. The van der Waals surface area contributed by atoms with E-state index in [4.69, 9.17) is 10.3 Å². The number of hydrogen-bond acceptors (Lipinski definition) is 3. The second kappa shape index (κ2) is 4.28. The Morgan fingerprint density at radius 1 is 1.33 bits per heavy atom. The molecule has 7 heteroatoms. The Morgan fingerprint density at radius 3 is 2.27 bits per heavy atom. The number of hydrogen-bond donors (Lipinski definition) is 3.